The molecule has 6 heteroatoms. The van der Waals surface area contributed by atoms with Gasteiger partial charge in [0.05, 0.1) is 11.8 Å². The quantitative estimate of drug-likeness (QED) is 0.839. The van der Waals surface area contributed by atoms with E-state index in [2.05, 4.69) is 4.98 Å². The van der Waals surface area contributed by atoms with Crippen LogP contribution >= 0.6 is 0 Å². The Bertz CT molecular complexity index is 841. The van der Waals surface area contributed by atoms with Crippen molar-refractivity contribution < 1.29 is 13.2 Å². The van der Waals surface area contributed by atoms with Crippen LogP contribution in [0, 0.1) is 0 Å². The van der Waals surface area contributed by atoms with Crippen molar-refractivity contribution in [2.45, 2.75) is 49.9 Å². The van der Waals surface area contributed by atoms with E-state index in [4.69, 9.17) is 4.74 Å². The normalized spacial score (nSPS) is 23.1. The Morgan fingerprint density at radius 3 is 2.68 bits per heavy atom. The number of sulfonamides is 1. The van der Waals surface area contributed by atoms with E-state index in [9.17, 15) is 8.42 Å². The standard InChI is InChI=1S/C19H24N2O3S/c22-25(23,17-8-2-1-3-9-17)21-13-11-16(14-21)24-18-10-4-6-15-7-5-12-20-19(15)18/h4-7,10,12,16-17H,1-3,8-9,11,13-14H2. The summed E-state index contributed by atoms with van der Waals surface area (Å²) in [6, 6.07) is 9.77. The van der Waals surface area contributed by atoms with Crippen molar-refractivity contribution in [3.63, 3.8) is 0 Å². The molecule has 2 heterocycles. The van der Waals surface area contributed by atoms with Gasteiger partial charge in [-0.3, -0.25) is 4.98 Å². The predicted molar refractivity (Wildman–Crippen MR) is 98.1 cm³/mol. The Morgan fingerprint density at radius 1 is 1.04 bits per heavy atom. The third-order valence-electron chi connectivity index (χ3n) is 5.33. The minimum absolute atomic E-state index is 0.106. The molecule has 1 aromatic carbocycles. The van der Waals surface area contributed by atoms with Crippen LogP contribution in [0.5, 0.6) is 5.75 Å². The van der Waals surface area contributed by atoms with Gasteiger partial charge in [-0.25, -0.2) is 8.42 Å². The second-order valence-corrected chi connectivity index (χ2v) is 9.24. The first-order valence-corrected chi connectivity index (χ1v) is 10.6. The van der Waals surface area contributed by atoms with Gasteiger partial charge >= 0.3 is 0 Å². The third-order valence-corrected chi connectivity index (χ3v) is 7.70. The van der Waals surface area contributed by atoms with Gasteiger partial charge in [0.25, 0.3) is 0 Å². The maximum absolute atomic E-state index is 12.9. The van der Waals surface area contributed by atoms with Crippen molar-refractivity contribution in [2.75, 3.05) is 13.1 Å². The van der Waals surface area contributed by atoms with Crippen molar-refractivity contribution in [3.8, 4) is 5.75 Å². The number of nitrogens with zero attached hydrogens (tertiary/aromatic N) is 2. The first-order valence-electron chi connectivity index (χ1n) is 9.14. The van der Waals surface area contributed by atoms with E-state index in [0.717, 1.165) is 55.2 Å². The summed E-state index contributed by atoms with van der Waals surface area (Å²) in [7, 11) is -3.19. The summed E-state index contributed by atoms with van der Waals surface area (Å²) < 4.78 is 33.5. The van der Waals surface area contributed by atoms with Gasteiger partial charge in [-0.15, -0.1) is 0 Å². The van der Waals surface area contributed by atoms with E-state index in [1.165, 1.54) is 0 Å². The lowest BCUT2D eigenvalue weighted by Crippen LogP contribution is -2.39. The van der Waals surface area contributed by atoms with Crippen molar-refractivity contribution in [1.29, 1.82) is 0 Å². The number of benzene rings is 1. The summed E-state index contributed by atoms with van der Waals surface area (Å²) in [5, 5.41) is 0.837. The van der Waals surface area contributed by atoms with Crippen molar-refractivity contribution in [1.82, 2.24) is 9.29 Å². The Balaban J connectivity index is 1.47. The summed E-state index contributed by atoms with van der Waals surface area (Å²) in [5.41, 5.74) is 0.832. The molecule has 0 amide bonds. The second kappa shape index (κ2) is 6.92. The zero-order valence-electron chi connectivity index (χ0n) is 14.3. The number of rotatable bonds is 4. The summed E-state index contributed by atoms with van der Waals surface area (Å²) in [5.74, 6) is 0.736. The molecule has 1 atom stereocenters. The van der Waals surface area contributed by atoms with Crippen molar-refractivity contribution in [2.24, 2.45) is 0 Å². The van der Waals surface area contributed by atoms with E-state index in [0.29, 0.717) is 13.1 Å². The molecule has 1 saturated heterocycles. The van der Waals surface area contributed by atoms with Crippen LogP contribution in [0.15, 0.2) is 36.5 Å². The lowest BCUT2D eigenvalue weighted by molar-refractivity contribution is 0.217. The van der Waals surface area contributed by atoms with Crippen LogP contribution in [0.1, 0.15) is 38.5 Å². The lowest BCUT2D eigenvalue weighted by Gasteiger charge is -2.27. The molecule has 1 aliphatic heterocycles. The molecule has 1 unspecified atom stereocenters. The summed E-state index contributed by atoms with van der Waals surface area (Å²) in [4.78, 5) is 4.41. The molecule has 1 saturated carbocycles. The summed E-state index contributed by atoms with van der Waals surface area (Å²) in [6.45, 7) is 1.00. The maximum Gasteiger partial charge on any atom is 0.217 e. The minimum Gasteiger partial charge on any atom is -0.487 e. The van der Waals surface area contributed by atoms with Gasteiger partial charge in [-0.2, -0.15) is 4.31 Å². The molecule has 4 rings (SSSR count). The zero-order valence-corrected chi connectivity index (χ0v) is 15.1. The van der Waals surface area contributed by atoms with Crippen LogP contribution in [-0.4, -0.2) is 42.2 Å². The number of para-hydroxylation sites is 1. The fourth-order valence-corrected chi connectivity index (χ4v) is 6.03. The fourth-order valence-electron chi connectivity index (χ4n) is 3.95. The average Bonchev–Trinajstić information content (AvgIpc) is 3.12. The molecular formula is C19H24N2O3S. The van der Waals surface area contributed by atoms with Gasteiger partial charge < -0.3 is 4.74 Å². The smallest absolute Gasteiger partial charge is 0.217 e. The highest BCUT2D eigenvalue weighted by molar-refractivity contribution is 7.89. The molecule has 1 aromatic heterocycles. The van der Waals surface area contributed by atoms with Crippen LogP contribution in [0.25, 0.3) is 10.9 Å². The molecule has 25 heavy (non-hydrogen) atoms. The van der Waals surface area contributed by atoms with Crippen LogP contribution < -0.4 is 4.74 Å². The molecule has 1 aliphatic carbocycles. The maximum atomic E-state index is 12.9. The van der Waals surface area contributed by atoms with Crippen LogP contribution in [0.3, 0.4) is 0 Å². The van der Waals surface area contributed by atoms with Gasteiger partial charge in [0, 0.05) is 18.1 Å². The van der Waals surface area contributed by atoms with Crippen LogP contribution in [-0.2, 0) is 10.0 Å². The van der Waals surface area contributed by atoms with Gasteiger partial charge in [-0.05, 0) is 31.4 Å². The highest BCUT2D eigenvalue weighted by Crippen LogP contribution is 2.30. The highest BCUT2D eigenvalue weighted by Gasteiger charge is 2.38. The molecule has 0 radical (unpaired) electrons. The van der Waals surface area contributed by atoms with E-state index < -0.39 is 10.0 Å². The first-order chi connectivity index (χ1) is 12.1. The average molecular weight is 360 g/mol. The highest BCUT2D eigenvalue weighted by atomic mass is 32.2. The number of ether oxygens (including phenoxy) is 1. The first kappa shape index (κ1) is 16.8. The number of pyridine rings is 1. The van der Waals surface area contributed by atoms with E-state index in [1.807, 2.05) is 30.3 Å². The van der Waals surface area contributed by atoms with E-state index >= 15 is 0 Å². The molecule has 0 spiro atoms. The van der Waals surface area contributed by atoms with Crippen molar-refractivity contribution >= 4 is 20.9 Å². The monoisotopic (exact) mass is 360 g/mol. The topological polar surface area (TPSA) is 59.5 Å². The molecule has 134 valence electrons. The van der Waals surface area contributed by atoms with Gasteiger partial charge in [0.2, 0.25) is 10.0 Å². The number of hydrogen-bond acceptors (Lipinski definition) is 4. The summed E-state index contributed by atoms with van der Waals surface area (Å²) >= 11 is 0. The van der Waals surface area contributed by atoms with Gasteiger partial charge in [0.15, 0.2) is 0 Å². The molecule has 2 aromatic rings. The number of aromatic nitrogens is 1. The van der Waals surface area contributed by atoms with Gasteiger partial charge in [0.1, 0.15) is 17.4 Å². The minimum atomic E-state index is -3.19. The predicted octanol–water partition coefficient (Wildman–Crippen LogP) is 3.35. The molecular weight excluding hydrogens is 336 g/mol. The second-order valence-electron chi connectivity index (χ2n) is 7.02. The molecule has 0 bridgehead atoms. The molecule has 2 aliphatic rings. The number of hydrogen-bond donors (Lipinski definition) is 0. The molecule has 2 fully saturated rings. The molecule has 0 N–H and O–H groups in total. The zero-order chi connectivity index (χ0) is 17.3. The van der Waals surface area contributed by atoms with Gasteiger partial charge in [-0.1, -0.05) is 37.5 Å². The Hall–Kier alpha value is -1.66. The number of fused-ring (bicyclic) bond motifs is 1. The fraction of sp³-hybridized carbons (Fsp3) is 0.526. The Morgan fingerprint density at radius 2 is 1.84 bits per heavy atom. The molecule has 5 nitrogen and oxygen atoms in total. The third kappa shape index (κ3) is 3.37. The SMILES string of the molecule is O=S(=O)(C1CCCCC1)N1CCC(Oc2cccc3cccnc23)C1. The largest absolute Gasteiger partial charge is 0.487 e. The van der Waals surface area contributed by atoms with E-state index in [-0.39, 0.29) is 11.4 Å². The van der Waals surface area contributed by atoms with Crippen LogP contribution in [0.2, 0.25) is 0 Å². The lowest BCUT2D eigenvalue weighted by atomic mass is 10.0. The van der Waals surface area contributed by atoms with Crippen molar-refractivity contribution in [3.05, 3.63) is 36.5 Å². The van der Waals surface area contributed by atoms with Crippen LogP contribution in [0.4, 0.5) is 0 Å². The summed E-state index contributed by atoms with van der Waals surface area (Å²) in [6.07, 6.45) is 7.20. The Kier molecular flexibility index (Phi) is 4.65. The van der Waals surface area contributed by atoms with E-state index in [1.54, 1.807) is 10.5 Å². The Labute approximate surface area is 149 Å².